The van der Waals surface area contributed by atoms with Crippen LogP contribution in [0, 0.1) is 17.0 Å². The number of nitrogens with one attached hydrogen (secondary N) is 2. The summed E-state index contributed by atoms with van der Waals surface area (Å²) in [5, 5.41) is 19.4. The lowest BCUT2D eigenvalue weighted by molar-refractivity contribution is -0.122. The Balaban J connectivity index is 1.64. The van der Waals surface area contributed by atoms with Gasteiger partial charge in [-0.2, -0.15) is 5.10 Å². The molecule has 0 aliphatic heterocycles. The Morgan fingerprint density at radius 2 is 2.07 bits per heavy atom. The largest absolute Gasteiger partial charge is 0.395 e. The molecule has 1 fully saturated rings. The van der Waals surface area contributed by atoms with Crippen molar-refractivity contribution >= 4 is 34.6 Å². The zero-order chi connectivity index (χ0) is 19.0. The molecule has 0 saturated heterocycles. The summed E-state index contributed by atoms with van der Waals surface area (Å²) >= 11 is 0. The number of halogens is 2. The Kier molecular flexibility index (Phi) is 4.24. The second-order valence-corrected chi connectivity index (χ2v) is 6.77. The lowest BCUT2D eigenvalue weighted by Gasteiger charge is -2.13. The van der Waals surface area contributed by atoms with Crippen LogP contribution in [0.4, 0.5) is 14.5 Å². The number of fused-ring (bicyclic) bond motifs is 1. The van der Waals surface area contributed by atoms with Crippen molar-refractivity contribution in [1.29, 1.82) is 0 Å². The van der Waals surface area contributed by atoms with E-state index in [9.17, 15) is 18.7 Å². The van der Waals surface area contributed by atoms with Gasteiger partial charge in [-0.15, -0.1) is 0 Å². The predicted molar refractivity (Wildman–Crippen MR) is 98.8 cm³/mol. The quantitative estimate of drug-likeness (QED) is 0.641. The maximum atomic E-state index is 14.3. The zero-order valence-electron chi connectivity index (χ0n) is 14.3. The number of aliphatic hydroxyl groups is 1. The molecular weight excluding hydrogens is 352 g/mol. The molecule has 0 unspecified atom stereocenters. The van der Waals surface area contributed by atoms with Crippen LogP contribution in [0.5, 0.6) is 0 Å². The predicted octanol–water partition coefficient (Wildman–Crippen LogP) is 3.72. The fourth-order valence-electron chi connectivity index (χ4n) is 2.93. The fraction of sp³-hybridized carbons (Fsp3) is 0.200. The lowest BCUT2D eigenvalue weighted by Crippen LogP contribution is -2.27. The monoisotopic (exact) mass is 369 g/mol. The van der Waals surface area contributed by atoms with Crippen LogP contribution in [0.25, 0.3) is 23.1 Å². The third kappa shape index (κ3) is 3.33. The minimum atomic E-state index is -0.794. The molecule has 0 bridgehead atoms. The number of nitrogens with zero attached hydrogens (tertiary/aromatic N) is 1. The van der Waals surface area contributed by atoms with E-state index in [-0.39, 0.29) is 24.0 Å². The normalized spacial score (nSPS) is 15.4. The first-order valence-electron chi connectivity index (χ1n) is 8.54. The van der Waals surface area contributed by atoms with Crippen molar-refractivity contribution in [3.63, 3.8) is 0 Å². The number of hydrogen-bond acceptors (Lipinski definition) is 3. The summed E-state index contributed by atoms with van der Waals surface area (Å²) in [6, 6.07) is 8.87. The standard InChI is InChI=1S/C20H17F2N3O2/c21-13-3-1-2-12(8-13)4-5-16-14-9-18(15(22)10-17(14)25-24-16)23-19(27)20(11-26)6-7-20/h1-5,8-10,26H,6-7,11H2,(H,23,27)(H,24,25). The smallest absolute Gasteiger partial charge is 0.232 e. The van der Waals surface area contributed by atoms with Gasteiger partial charge in [0.15, 0.2) is 0 Å². The van der Waals surface area contributed by atoms with Crippen molar-refractivity contribution in [1.82, 2.24) is 10.2 Å². The number of rotatable bonds is 5. The summed E-state index contributed by atoms with van der Waals surface area (Å²) in [4.78, 5) is 12.3. The number of benzene rings is 2. The average Bonchev–Trinajstić information content (AvgIpc) is 3.37. The molecule has 138 valence electrons. The Bertz CT molecular complexity index is 1050. The van der Waals surface area contributed by atoms with Crippen LogP contribution in [0.3, 0.4) is 0 Å². The van der Waals surface area contributed by atoms with Gasteiger partial charge in [0, 0.05) is 11.5 Å². The molecule has 1 aliphatic rings. The van der Waals surface area contributed by atoms with Crippen LogP contribution in [-0.2, 0) is 4.79 Å². The number of aliphatic hydroxyl groups excluding tert-OH is 1. The zero-order valence-corrected chi connectivity index (χ0v) is 14.3. The van der Waals surface area contributed by atoms with Gasteiger partial charge in [-0.25, -0.2) is 8.78 Å². The molecule has 1 aliphatic carbocycles. The Morgan fingerprint density at radius 3 is 2.78 bits per heavy atom. The third-order valence-corrected chi connectivity index (χ3v) is 4.85. The molecule has 1 saturated carbocycles. The second kappa shape index (κ2) is 6.59. The van der Waals surface area contributed by atoms with Crippen LogP contribution >= 0.6 is 0 Å². The molecule has 3 N–H and O–H groups in total. The average molecular weight is 369 g/mol. The molecule has 7 heteroatoms. The van der Waals surface area contributed by atoms with E-state index in [0.29, 0.717) is 35.0 Å². The van der Waals surface area contributed by atoms with Gasteiger partial charge in [0.1, 0.15) is 11.6 Å². The molecule has 0 atom stereocenters. The van der Waals surface area contributed by atoms with E-state index < -0.39 is 11.2 Å². The minimum absolute atomic E-state index is 0.0361. The number of amides is 1. The highest BCUT2D eigenvalue weighted by Crippen LogP contribution is 2.46. The van der Waals surface area contributed by atoms with Gasteiger partial charge in [-0.1, -0.05) is 18.2 Å². The molecule has 1 amide bonds. The van der Waals surface area contributed by atoms with Crippen molar-refractivity contribution < 1.29 is 18.7 Å². The third-order valence-electron chi connectivity index (χ3n) is 4.85. The first-order chi connectivity index (χ1) is 13.0. The molecule has 2 aromatic carbocycles. The molecule has 27 heavy (non-hydrogen) atoms. The van der Waals surface area contributed by atoms with Crippen LogP contribution in [0.15, 0.2) is 36.4 Å². The van der Waals surface area contributed by atoms with Gasteiger partial charge in [-0.05, 0) is 42.7 Å². The van der Waals surface area contributed by atoms with Crippen molar-refractivity contribution in [3.8, 4) is 0 Å². The lowest BCUT2D eigenvalue weighted by atomic mass is 10.1. The van der Waals surface area contributed by atoms with E-state index in [1.165, 1.54) is 24.3 Å². The van der Waals surface area contributed by atoms with Gasteiger partial charge < -0.3 is 10.4 Å². The number of carbonyl (C=O) groups is 1. The van der Waals surface area contributed by atoms with Crippen molar-refractivity contribution in [2.45, 2.75) is 12.8 Å². The van der Waals surface area contributed by atoms with Crippen LogP contribution < -0.4 is 5.32 Å². The molecule has 4 rings (SSSR count). The van der Waals surface area contributed by atoms with Crippen LogP contribution in [0.1, 0.15) is 24.1 Å². The molecule has 1 aromatic heterocycles. The maximum Gasteiger partial charge on any atom is 0.232 e. The van der Waals surface area contributed by atoms with Crippen molar-refractivity contribution in [3.05, 3.63) is 59.3 Å². The first kappa shape index (κ1) is 17.4. The van der Waals surface area contributed by atoms with E-state index in [1.807, 2.05) is 0 Å². The molecule has 3 aromatic rings. The second-order valence-electron chi connectivity index (χ2n) is 6.77. The van der Waals surface area contributed by atoms with Crippen molar-refractivity contribution in [2.24, 2.45) is 5.41 Å². The van der Waals surface area contributed by atoms with E-state index in [0.717, 1.165) is 0 Å². The van der Waals surface area contributed by atoms with E-state index in [4.69, 9.17) is 0 Å². The Hall–Kier alpha value is -3.06. The summed E-state index contributed by atoms with van der Waals surface area (Å²) in [7, 11) is 0. The minimum Gasteiger partial charge on any atom is -0.395 e. The highest BCUT2D eigenvalue weighted by Gasteiger charge is 2.49. The molecule has 1 heterocycles. The number of aromatic amines is 1. The van der Waals surface area contributed by atoms with Gasteiger partial charge in [0.25, 0.3) is 0 Å². The summed E-state index contributed by atoms with van der Waals surface area (Å²) in [5.74, 6) is -1.31. The highest BCUT2D eigenvalue weighted by molar-refractivity contribution is 6.00. The SMILES string of the molecule is O=C(Nc1cc2c(C=Cc3cccc(F)c3)n[nH]c2cc1F)C1(CO)CC1. The first-order valence-corrected chi connectivity index (χ1v) is 8.54. The van der Waals surface area contributed by atoms with Gasteiger partial charge >= 0.3 is 0 Å². The van der Waals surface area contributed by atoms with E-state index in [2.05, 4.69) is 15.5 Å². The number of carbonyl (C=O) groups excluding carboxylic acids is 1. The fourth-order valence-corrected chi connectivity index (χ4v) is 2.93. The Labute approximate surface area is 153 Å². The Morgan fingerprint density at radius 1 is 1.26 bits per heavy atom. The summed E-state index contributed by atoms with van der Waals surface area (Å²) in [6.07, 6.45) is 4.57. The van der Waals surface area contributed by atoms with Gasteiger partial charge in [0.05, 0.1) is 28.9 Å². The van der Waals surface area contributed by atoms with Gasteiger partial charge in [0.2, 0.25) is 5.91 Å². The number of aromatic nitrogens is 2. The van der Waals surface area contributed by atoms with Gasteiger partial charge in [-0.3, -0.25) is 9.89 Å². The topological polar surface area (TPSA) is 78.0 Å². The molecule has 5 nitrogen and oxygen atoms in total. The summed E-state index contributed by atoms with van der Waals surface area (Å²) in [6.45, 7) is -0.254. The summed E-state index contributed by atoms with van der Waals surface area (Å²) < 4.78 is 27.6. The van der Waals surface area contributed by atoms with Crippen LogP contribution in [-0.4, -0.2) is 27.8 Å². The number of anilines is 1. The van der Waals surface area contributed by atoms with Crippen molar-refractivity contribution in [2.75, 3.05) is 11.9 Å². The molecular formula is C20H17F2N3O2. The summed E-state index contributed by atoms with van der Waals surface area (Å²) in [5.41, 5.74) is 0.924. The molecule has 0 radical (unpaired) electrons. The van der Waals surface area contributed by atoms with E-state index >= 15 is 0 Å². The molecule has 0 spiro atoms. The highest BCUT2D eigenvalue weighted by atomic mass is 19.1. The van der Waals surface area contributed by atoms with Crippen LogP contribution in [0.2, 0.25) is 0 Å². The number of hydrogen-bond donors (Lipinski definition) is 3. The number of H-pyrrole nitrogens is 1. The van der Waals surface area contributed by atoms with E-state index in [1.54, 1.807) is 24.3 Å². The maximum absolute atomic E-state index is 14.3.